The van der Waals surface area contributed by atoms with Gasteiger partial charge < -0.3 is 10.6 Å². The van der Waals surface area contributed by atoms with Crippen LogP contribution in [0.2, 0.25) is 0 Å². The minimum absolute atomic E-state index is 0.00279. The standard InChI is InChI=1S/C14H28N2O/c1-10-7-6-8-12(11(10)2)16-13(17)9-15-14(3,4)5/h10-12,15H,6-9H2,1-5H3,(H,16,17). The van der Waals surface area contributed by atoms with Gasteiger partial charge >= 0.3 is 0 Å². The van der Waals surface area contributed by atoms with Gasteiger partial charge in [-0.25, -0.2) is 0 Å². The Hall–Kier alpha value is -0.570. The Morgan fingerprint density at radius 2 is 1.88 bits per heavy atom. The van der Waals surface area contributed by atoms with Crippen LogP contribution in [0, 0.1) is 11.8 Å². The van der Waals surface area contributed by atoms with Gasteiger partial charge in [0, 0.05) is 11.6 Å². The minimum atomic E-state index is 0.00279. The molecular weight excluding hydrogens is 212 g/mol. The lowest BCUT2D eigenvalue weighted by atomic mass is 9.78. The van der Waals surface area contributed by atoms with Gasteiger partial charge in [-0.2, -0.15) is 0 Å². The van der Waals surface area contributed by atoms with E-state index in [1.807, 2.05) is 0 Å². The summed E-state index contributed by atoms with van der Waals surface area (Å²) < 4.78 is 0. The van der Waals surface area contributed by atoms with Gasteiger partial charge in [0.15, 0.2) is 0 Å². The Balaban J connectivity index is 2.35. The molecule has 1 amide bonds. The van der Waals surface area contributed by atoms with Gasteiger partial charge in [0.2, 0.25) is 5.91 Å². The zero-order valence-corrected chi connectivity index (χ0v) is 12.0. The first-order valence-corrected chi connectivity index (χ1v) is 6.84. The van der Waals surface area contributed by atoms with Crippen molar-refractivity contribution in [3.63, 3.8) is 0 Å². The fourth-order valence-corrected chi connectivity index (χ4v) is 2.39. The lowest BCUT2D eigenvalue weighted by Gasteiger charge is -2.34. The van der Waals surface area contributed by atoms with Crippen molar-refractivity contribution in [2.75, 3.05) is 6.54 Å². The Kier molecular flexibility index (Phi) is 4.99. The van der Waals surface area contributed by atoms with Crippen LogP contribution in [0.1, 0.15) is 53.9 Å². The van der Waals surface area contributed by atoms with Crippen LogP contribution in [0.5, 0.6) is 0 Å². The molecule has 0 aromatic rings. The average Bonchev–Trinajstić information content (AvgIpc) is 2.21. The monoisotopic (exact) mass is 240 g/mol. The summed E-state index contributed by atoms with van der Waals surface area (Å²) in [4.78, 5) is 11.8. The number of hydrogen-bond acceptors (Lipinski definition) is 2. The molecule has 1 aliphatic carbocycles. The maximum atomic E-state index is 11.8. The second-order valence-electron chi connectivity index (χ2n) is 6.54. The molecule has 0 spiro atoms. The lowest BCUT2D eigenvalue weighted by Crippen LogP contribution is -2.49. The van der Waals surface area contributed by atoms with Crippen LogP contribution in [0.4, 0.5) is 0 Å². The summed E-state index contributed by atoms with van der Waals surface area (Å²) in [6, 6.07) is 0.369. The van der Waals surface area contributed by atoms with Crippen LogP contribution in [-0.2, 0) is 4.79 Å². The highest BCUT2D eigenvalue weighted by molar-refractivity contribution is 5.78. The minimum Gasteiger partial charge on any atom is -0.352 e. The molecule has 0 aromatic carbocycles. The number of rotatable bonds is 3. The highest BCUT2D eigenvalue weighted by Gasteiger charge is 2.28. The SMILES string of the molecule is CC1CCCC(NC(=O)CNC(C)(C)C)C1C. The van der Waals surface area contributed by atoms with E-state index in [2.05, 4.69) is 45.3 Å². The van der Waals surface area contributed by atoms with E-state index in [1.54, 1.807) is 0 Å². The molecular formula is C14H28N2O. The van der Waals surface area contributed by atoms with Crippen molar-refractivity contribution >= 4 is 5.91 Å². The lowest BCUT2D eigenvalue weighted by molar-refractivity contribution is -0.122. The van der Waals surface area contributed by atoms with E-state index in [0.717, 1.165) is 12.3 Å². The van der Waals surface area contributed by atoms with Gasteiger partial charge in [0.1, 0.15) is 0 Å². The Labute approximate surface area is 106 Å². The molecule has 3 unspecified atom stereocenters. The molecule has 1 rings (SSSR count). The predicted molar refractivity (Wildman–Crippen MR) is 71.9 cm³/mol. The van der Waals surface area contributed by atoms with E-state index < -0.39 is 0 Å². The molecule has 1 aliphatic rings. The molecule has 100 valence electrons. The zero-order chi connectivity index (χ0) is 13.1. The van der Waals surface area contributed by atoms with Gasteiger partial charge in [-0.1, -0.05) is 26.7 Å². The largest absolute Gasteiger partial charge is 0.352 e. The van der Waals surface area contributed by atoms with Crippen molar-refractivity contribution in [2.24, 2.45) is 11.8 Å². The van der Waals surface area contributed by atoms with Crippen molar-refractivity contribution in [1.82, 2.24) is 10.6 Å². The van der Waals surface area contributed by atoms with Crippen molar-refractivity contribution in [3.8, 4) is 0 Å². The van der Waals surface area contributed by atoms with Crippen LogP contribution in [-0.4, -0.2) is 24.0 Å². The molecule has 0 heterocycles. The maximum absolute atomic E-state index is 11.8. The van der Waals surface area contributed by atoms with E-state index in [4.69, 9.17) is 0 Å². The number of hydrogen-bond donors (Lipinski definition) is 2. The van der Waals surface area contributed by atoms with Crippen molar-refractivity contribution in [1.29, 1.82) is 0 Å². The fraction of sp³-hybridized carbons (Fsp3) is 0.929. The molecule has 1 saturated carbocycles. The van der Waals surface area contributed by atoms with Gasteiger partial charge in [0.25, 0.3) is 0 Å². The van der Waals surface area contributed by atoms with Crippen molar-refractivity contribution in [2.45, 2.75) is 65.5 Å². The van der Waals surface area contributed by atoms with E-state index >= 15 is 0 Å². The summed E-state index contributed by atoms with van der Waals surface area (Å²) in [7, 11) is 0. The van der Waals surface area contributed by atoms with Gasteiger partial charge in [-0.15, -0.1) is 0 Å². The predicted octanol–water partition coefficient (Wildman–Crippen LogP) is 2.32. The van der Waals surface area contributed by atoms with Gasteiger partial charge in [-0.05, 0) is 39.0 Å². The van der Waals surface area contributed by atoms with E-state index in [-0.39, 0.29) is 11.4 Å². The second-order valence-corrected chi connectivity index (χ2v) is 6.54. The van der Waals surface area contributed by atoms with E-state index in [1.165, 1.54) is 12.8 Å². The molecule has 3 nitrogen and oxygen atoms in total. The van der Waals surface area contributed by atoms with Crippen molar-refractivity contribution < 1.29 is 4.79 Å². The van der Waals surface area contributed by atoms with Crippen LogP contribution in [0.15, 0.2) is 0 Å². The average molecular weight is 240 g/mol. The van der Waals surface area contributed by atoms with Crippen LogP contribution in [0.25, 0.3) is 0 Å². The highest BCUT2D eigenvalue weighted by Crippen LogP contribution is 2.29. The summed E-state index contributed by atoms with van der Waals surface area (Å²) >= 11 is 0. The third-order valence-electron chi connectivity index (χ3n) is 3.83. The van der Waals surface area contributed by atoms with Crippen LogP contribution < -0.4 is 10.6 Å². The number of nitrogens with one attached hydrogen (secondary N) is 2. The van der Waals surface area contributed by atoms with Gasteiger partial charge in [0.05, 0.1) is 6.54 Å². The smallest absolute Gasteiger partial charge is 0.234 e. The van der Waals surface area contributed by atoms with Crippen LogP contribution in [0.3, 0.4) is 0 Å². The summed E-state index contributed by atoms with van der Waals surface area (Å²) in [5, 5.41) is 6.40. The number of carbonyl (C=O) groups excluding carboxylic acids is 1. The summed E-state index contributed by atoms with van der Waals surface area (Å²) in [5.74, 6) is 1.46. The molecule has 1 fully saturated rings. The molecule has 0 saturated heterocycles. The molecule has 3 atom stereocenters. The summed E-state index contributed by atoms with van der Waals surface area (Å²) in [6.07, 6.45) is 3.67. The molecule has 0 aromatic heterocycles. The zero-order valence-electron chi connectivity index (χ0n) is 12.0. The Morgan fingerprint density at radius 3 is 2.47 bits per heavy atom. The maximum Gasteiger partial charge on any atom is 0.234 e. The summed E-state index contributed by atoms with van der Waals surface area (Å²) in [6.45, 7) is 11.2. The molecule has 0 bridgehead atoms. The second kappa shape index (κ2) is 5.85. The Morgan fingerprint density at radius 1 is 1.24 bits per heavy atom. The van der Waals surface area contributed by atoms with Gasteiger partial charge in [-0.3, -0.25) is 4.79 Å². The normalized spacial score (nSPS) is 30.1. The van der Waals surface area contributed by atoms with Crippen LogP contribution >= 0.6 is 0 Å². The topological polar surface area (TPSA) is 41.1 Å². The summed E-state index contributed by atoms with van der Waals surface area (Å²) in [5.41, 5.74) is 0.00279. The molecule has 0 radical (unpaired) electrons. The number of carbonyl (C=O) groups is 1. The Bertz CT molecular complexity index is 257. The first-order valence-electron chi connectivity index (χ1n) is 6.84. The molecule has 17 heavy (non-hydrogen) atoms. The van der Waals surface area contributed by atoms with Crippen molar-refractivity contribution in [3.05, 3.63) is 0 Å². The quantitative estimate of drug-likeness (QED) is 0.795. The fourth-order valence-electron chi connectivity index (χ4n) is 2.39. The third kappa shape index (κ3) is 5.07. The van der Waals surface area contributed by atoms with E-state index in [0.29, 0.717) is 18.5 Å². The molecule has 0 aliphatic heterocycles. The third-order valence-corrected chi connectivity index (χ3v) is 3.83. The first kappa shape index (κ1) is 14.5. The number of amides is 1. The molecule has 2 N–H and O–H groups in total. The highest BCUT2D eigenvalue weighted by atomic mass is 16.2. The first-order chi connectivity index (χ1) is 7.79. The molecule has 3 heteroatoms. The van der Waals surface area contributed by atoms with E-state index in [9.17, 15) is 4.79 Å².